The summed E-state index contributed by atoms with van der Waals surface area (Å²) < 4.78 is 14.1. The average molecular weight is 293 g/mol. The molecule has 3 nitrogen and oxygen atoms in total. The average Bonchev–Trinajstić information content (AvgIpc) is 2.81. The van der Waals surface area contributed by atoms with Crippen LogP contribution in [-0.4, -0.2) is 24.9 Å². The highest BCUT2D eigenvalue weighted by atomic mass is 16.6. The molecule has 0 aliphatic carbocycles. The van der Waals surface area contributed by atoms with Crippen molar-refractivity contribution in [1.29, 1.82) is 0 Å². The van der Waals surface area contributed by atoms with Crippen molar-refractivity contribution in [2.24, 2.45) is 12.5 Å². The van der Waals surface area contributed by atoms with E-state index in [0.717, 1.165) is 18.7 Å². The SMILES string of the molecule is Cn1c2ccccc2c2cc(B3OCC(C)(C)CO3)ccc21. The lowest BCUT2D eigenvalue weighted by atomic mass is 9.75. The second-order valence-electron chi connectivity index (χ2n) is 6.97. The molecule has 0 N–H and O–H groups in total. The fourth-order valence-corrected chi connectivity index (χ4v) is 3.22. The van der Waals surface area contributed by atoms with Gasteiger partial charge in [-0.1, -0.05) is 44.2 Å². The van der Waals surface area contributed by atoms with Crippen LogP contribution in [0.4, 0.5) is 0 Å². The summed E-state index contributed by atoms with van der Waals surface area (Å²) in [5.41, 5.74) is 3.68. The molecule has 2 aromatic carbocycles. The van der Waals surface area contributed by atoms with Crippen LogP contribution in [0.2, 0.25) is 0 Å². The van der Waals surface area contributed by atoms with Gasteiger partial charge >= 0.3 is 7.12 Å². The van der Waals surface area contributed by atoms with Crippen molar-refractivity contribution in [3.63, 3.8) is 0 Å². The van der Waals surface area contributed by atoms with Gasteiger partial charge in [0.2, 0.25) is 0 Å². The first-order valence-corrected chi connectivity index (χ1v) is 7.75. The van der Waals surface area contributed by atoms with E-state index in [9.17, 15) is 0 Å². The first-order chi connectivity index (χ1) is 10.6. The number of para-hydroxylation sites is 1. The zero-order valence-corrected chi connectivity index (χ0v) is 13.3. The maximum absolute atomic E-state index is 5.92. The molecule has 1 aliphatic rings. The third-order valence-electron chi connectivity index (χ3n) is 4.46. The van der Waals surface area contributed by atoms with Crippen molar-refractivity contribution in [2.75, 3.05) is 13.2 Å². The number of benzene rings is 2. The fourth-order valence-electron chi connectivity index (χ4n) is 3.22. The van der Waals surface area contributed by atoms with Crippen LogP contribution < -0.4 is 5.46 Å². The molecule has 1 saturated heterocycles. The Bertz CT molecular complexity index is 843. The molecule has 0 radical (unpaired) electrons. The maximum atomic E-state index is 5.92. The predicted molar refractivity (Wildman–Crippen MR) is 91.5 cm³/mol. The first kappa shape index (κ1) is 13.9. The van der Waals surface area contributed by atoms with Gasteiger partial charge in [0.05, 0.1) is 0 Å². The Hall–Kier alpha value is -1.78. The highest BCUT2D eigenvalue weighted by Crippen LogP contribution is 2.28. The van der Waals surface area contributed by atoms with Gasteiger partial charge in [-0.15, -0.1) is 0 Å². The number of hydrogen-bond donors (Lipinski definition) is 0. The summed E-state index contributed by atoms with van der Waals surface area (Å²) in [5, 5.41) is 2.53. The number of hydrogen-bond acceptors (Lipinski definition) is 2. The summed E-state index contributed by atoms with van der Waals surface area (Å²) in [6.07, 6.45) is 0. The molecule has 1 fully saturated rings. The lowest BCUT2D eigenvalue weighted by Gasteiger charge is -2.33. The van der Waals surface area contributed by atoms with E-state index in [1.807, 2.05) is 0 Å². The minimum absolute atomic E-state index is 0.0973. The van der Waals surface area contributed by atoms with Crippen molar-refractivity contribution < 1.29 is 9.31 Å². The van der Waals surface area contributed by atoms with E-state index in [-0.39, 0.29) is 12.5 Å². The Morgan fingerprint density at radius 2 is 1.64 bits per heavy atom. The van der Waals surface area contributed by atoms with Crippen molar-refractivity contribution in [2.45, 2.75) is 13.8 Å². The predicted octanol–water partition coefficient (Wildman–Crippen LogP) is 3.10. The maximum Gasteiger partial charge on any atom is 0.493 e. The molecule has 0 bridgehead atoms. The lowest BCUT2D eigenvalue weighted by molar-refractivity contribution is 0.0343. The van der Waals surface area contributed by atoms with Crippen LogP contribution in [0, 0.1) is 5.41 Å². The van der Waals surface area contributed by atoms with Gasteiger partial charge in [0.25, 0.3) is 0 Å². The summed E-state index contributed by atoms with van der Waals surface area (Å²) in [6, 6.07) is 15.0. The second-order valence-corrected chi connectivity index (χ2v) is 6.97. The molecule has 22 heavy (non-hydrogen) atoms. The van der Waals surface area contributed by atoms with Gasteiger partial charge in [0, 0.05) is 47.5 Å². The normalized spacial score (nSPS) is 18.2. The molecule has 1 aromatic heterocycles. The zero-order chi connectivity index (χ0) is 15.3. The molecule has 1 aliphatic heterocycles. The molecule has 0 atom stereocenters. The molecule has 112 valence electrons. The van der Waals surface area contributed by atoms with Crippen LogP contribution in [0.15, 0.2) is 42.5 Å². The molecule has 0 unspecified atom stereocenters. The minimum Gasteiger partial charge on any atom is -0.407 e. The van der Waals surface area contributed by atoms with E-state index in [2.05, 4.69) is 67.9 Å². The molecule has 4 rings (SSSR count). The summed E-state index contributed by atoms with van der Waals surface area (Å²) in [5.74, 6) is 0. The minimum atomic E-state index is -0.253. The summed E-state index contributed by atoms with van der Waals surface area (Å²) in [4.78, 5) is 0. The van der Waals surface area contributed by atoms with E-state index in [1.54, 1.807) is 0 Å². The van der Waals surface area contributed by atoms with Crippen LogP contribution >= 0.6 is 0 Å². The van der Waals surface area contributed by atoms with Gasteiger partial charge < -0.3 is 13.9 Å². The van der Waals surface area contributed by atoms with E-state index in [4.69, 9.17) is 9.31 Å². The highest BCUT2D eigenvalue weighted by molar-refractivity contribution is 6.61. The van der Waals surface area contributed by atoms with Crippen molar-refractivity contribution in [3.8, 4) is 0 Å². The highest BCUT2D eigenvalue weighted by Gasteiger charge is 2.33. The van der Waals surface area contributed by atoms with Gasteiger partial charge in [-0.2, -0.15) is 0 Å². The van der Waals surface area contributed by atoms with E-state index < -0.39 is 0 Å². The summed E-state index contributed by atoms with van der Waals surface area (Å²) >= 11 is 0. The van der Waals surface area contributed by atoms with Crippen molar-refractivity contribution in [3.05, 3.63) is 42.5 Å². The van der Waals surface area contributed by atoms with E-state index in [1.165, 1.54) is 21.8 Å². The lowest BCUT2D eigenvalue weighted by Crippen LogP contribution is -2.47. The number of rotatable bonds is 1. The van der Waals surface area contributed by atoms with Gasteiger partial charge in [-0.25, -0.2) is 0 Å². The van der Waals surface area contributed by atoms with Crippen LogP contribution in [0.5, 0.6) is 0 Å². The molecule has 2 heterocycles. The molecule has 4 heteroatoms. The number of nitrogens with zero attached hydrogens (tertiary/aromatic N) is 1. The van der Waals surface area contributed by atoms with Gasteiger partial charge in [0.15, 0.2) is 0 Å². The topological polar surface area (TPSA) is 23.4 Å². The zero-order valence-electron chi connectivity index (χ0n) is 13.3. The Morgan fingerprint density at radius 3 is 2.41 bits per heavy atom. The largest absolute Gasteiger partial charge is 0.493 e. The monoisotopic (exact) mass is 293 g/mol. The van der Waals surface area contributed by atoms with Crippen LogP contribution in [0.25, 0.3) is 21.8 Å². The molecule has 0 saturated carbocycles. The quantitative estimate of drug-likeness (QED) is 0.644. The third-order valence-corrected chi connectivity index (χ3v) is 4.46. The smallest absolute Gasteiger partial charge is 0.407 e. The number of aryl methyl sites for hydroxylation is 1. The van der Waals surface area contributed by atoms with E-state index in [0.29, 0.717) is 0 Å². The first-order valence-electron chi connectivity index (χ1n) is 7.75. The Kier molecular flexibility index (Phi) is 3.07. The van der Waals surface area contributed by atoms with Crippen molar-refractivity contribution in [1.82, 2.24) is 4.57 Å². The molecule has 0 spiro atoms. The number of aromatic nitrogens is 1. The van der Waals surface area contributed by atoms with Crippen LogP contribution in [0.3, 0.4) is 0 Å². The van der Waals surface area contributed by atoms with Gasteiger partial charge in [0.1, 0.15) is 0 Å². The number of fused-ring (bicyclic) bond motifs is 3. The summed E-state index contributed by atoms with van der Waals surface area (Å²) in [6.45, 7) is 5.78. The third kappa shape index (κ3) is 2.14. The Balaban J connectivity index is 1.79. The van der Waals surface area contributed by atoms with Gasteiger partial charge in [-0.05, 0) is 17.6 Å². The van der Waals surface area contributed by atoms with Gasteiger partial charge in [-0.3, -0.25) is 0 Å². The molecule has 0 amide bonds. The Labute approximate surface area is 131 Å². The Morgan fingerprint density at radius 1 is 0.955 bits per heavy atom. The second kappa shape index (κ2) is 4.87. The van der Waals surface area contributed by atoms with E-state index >= 15 is 0 Å². The van der Waals surface area contributed by atoms with Crippen molar-refractivity contribution >= 4 is 34.4 Å². The van der Waals surface area contributed by atoms with Crippen LogP contribution in [0.1, 0.15) is 13.8 Å². The standard InChI is InChI=1S/C18H20BNO2/c1-18(2)11-21-19(22-12-18)13-8-9-17-15(10-13)14-6-4-5-7-16(14)20(17)3/h4-10H,11-12H2,1-3H3. The molecular formula is C18H20BNO2. The van der Waals surface area contributed by atoms with Crippen LogP contribution in [-0.2, 0) is 16.4 Å². The fraction of sp³-hybridized carbons (Fsp3) is 0.333. The summed E-state index contributed by atoms with van der Waals surface area (Å²) in [7, 11) is 1.86. The molecular weight excluding hydrogens is 273 g/mol. The molecule has 3 aromatic rings.